The van der Waals surface area contributed by atoms with Gasteiger partial charge in [-0.3, -0.25) is 4.79 Å². The molecule has 0 aliphatic carbocycles. The van der Waals surface area contributed by atoms with Crippen LogP contribution in [0.5, 0.6) is 5.75 Å². The molecule has 0 saturated heterocycles. The predicted molar refractivity (Wildman–Crippen MR) is 87.3 cm³/mol. The average Bonchev–Trinajstić information content (AvgIpc) is 2.98. The standard InChI is InChI=1S/C18H17N3O2/c1-13-4-3-5-15(10-13)21-18(17(12-22)19-20-21)11-14-6-8-16(23-2)9-7-14/h3-10,12H,11H2,1-2H3. The first-order valence-electron chi connectivity index (χ1n) is 7.31. The van der Waals surface area contributed by atoms with E-state index in [1.54, 1.807) is 11.8 Å². The highest BCUT2D eigenvalue weighted by atomic mass is 16.5. The van der Waals surface area contributed by atoms with Crippen LogP contribution >= 0.6 is 0 Å². The molecule has 0 saturated carbocycles. The fraction of sp³-hybridized carbons (Fsp3) is 0.167. The van der Waals surface area contributed by atoms with E-state index in [0.29, 0.717) is 12.1 Å². The Balaban J connectivity index is 2.00. The lowest BCUT2D eigenvalue weighted by molar-refractivity contribution is 0.111. The third-order valence-electron chi connectivity index (χ3n) is 3.68. The van der Waals surface area contributed by atoms with Gasteiger partial charge < -0.3 is 4.74 Å². The number of ether oxygens (including phenoxy) is 1. The fourth-order valence-corrected chi connectivity index (χ4v) is 2.47. The van der Waals surface area contributed by atoms with Gasteiger partial charge in [0.25, 0.3) is 0 Å². The fourth-order valence-electron chi connectivity index (χ4n) is 2.47. The maximum Gasteiger partial charge on any atom is 0.172 e. The molecule has 0 aliphatic rings. The summed E-state index contributed by atoms with van der Waals surface area (Å²) in [6.07, 6.45) is 1.32. The van der Waals surface area contributed by atoms with E-state index in [1.807, 2.05) is 55.5 Å². The van der Waals surface area contributed by atoms with Crippen molar-refractivity contribution in [2.24, 2.45) is 0 Å². The zero-order chi connectivity index (χ0) is 16.2. The van der Waals surface area contributed by atoms with E-state index in [9.17, 15) is 4.79 Å². The summed E-state index contributed by atoms with van der Waals surface area (Å²) in [5.41, 5.74) is 4.22. The molecule has 3 rings (SSSR count). The monoisotopic (exact) mass is 307 g/mol. The van der Waals surface area contributed by atoms with Crippen LogP contribution in [0.3, 0.4) is 0 Å². The van der Waals surface area contributed by atoms with Crippen LogP contribution in [0.15, 0.2) is 48.5 Å². The van der Waals surface area contributed by atoms with Gasteiger partial charge in [0.2, 0.25) is 0 Å². The quantitative estimate of drug-likeness (QED) is 0.680. The van der Waals surface area contributed by atoms with Crippen molar-refractivity contribution < 1.29 is 9.53 Å². The number of benzene rings is 2. The van der Waals surface area contributed by atoms with Crippen molar-refractivity contribution >= 4 is 6.29 Å². The Morgan fingerprint density at radius 1 is 1.17 bits per heavy atom. The van der Waals surface area contributed by atoms with Gasteiger partial charge in [0.1, 0.15) is 11.4 Å². The van der Waals surface area contributed by atoms with E-state index >= 15 is 0 Å². The molecule has 0 spiro atoms. The Hall–Kier alpha value is -2.95. The average molecular weight is 307 g/mol. The topological polar surface area (TPSA) is 57.0 Å². The lowest BCUT2D eigenvalue weighted by atomic mass is 10.1. The molecule has 0 N–H and O–H groups in total. The molecule has 0 aliphatic heterocycles. The van der Waals surface area contributed by atoms with Crippen molar-refractivity contribution in [1.82, 2.24) is 15.0 Å². The number of nitrogens with zero attached hydrogens (tertiary/aromatic N) is 3. The zero-order valence-electron chi connectivity index (χ0n) is 13.1. The van der Waals surface area contributed by atoms with Gasteiger partial charge in [0.05, 0.1) is 18.5 Å². The van der Waals surface area contributed by atoms with E-state index in [-0.39, 0.29) is 0 Å². The molecule has 1 aromatic heterocycles. The van der Waals surface area contributed by atoms with Gasteiger partial charge in [-0.05, 0) is 42.3 Å². The minimum absolute atomic E-state index is 0.363. The van der Waals surface area contributed by atoms with Gasteiger partial charge in [0.15, 0.2) is 6.29 Å². The van der Waals surface area contributed by atoms with Crippen molar-refractivity contribution in [1.29, 1.82) is 0 Å². The van der Waals surface area contributed by atoms with Crippen LogP contribution in [0.25, 0.3) is 5.69 Å². The van der Waals surface area contributed by atoms with Crippen molar-refractivity contribution in [3.8, 4) is 11.4 Å². The van der Waals surface area contributed by atoms with E-state index < -0.39 is 0 Å². The van der Waals surface area contributed by atoms with Crippen LogP contribution < -0.4 is 4.74 Å². The lowest BCUT2D eigenvalue weighted by Gasteiger charge is -2.08. The molecule has 1 heterocycles. The second kappa shape index (κ2) is 6.44. The highest BCUT2D eigenvalue weighted by molar-refractivity contribution is 5.73. The Labute approximate surface area is 134 Å². The predicted octanol–water partition coefficient (Wildman–Crippen LogP) is 2.99. The maximum atomic E-state index is 11.3. The van der Waals surface area contributed by atoms with Crippen molar-refractivity contribution in [2.75, 3.05) is 7.11 Å². The minimum Gasteiger partial charge on any atom is -0.497 e. The SMILES string of the molecule is COc1ccc(Cc2c(C=O)nnn2-c2cccc(C)c2)cc1. The van der Waals surface area contributed by atoms with Crippen molar-refractivity contribution in [2.45, 2.75) is 13.3 Å². The lowest BCUT2D eigenvalue weighted by Crippen LogP contribution is -2.05. The smallest absolute Gasteiger partial charge is 0.172 e. The number of aromatic nitrogens is 3. The number of carbonyl (C=O) groups excluding carboxylic acids is 1. The molecule has 3 aromatic rings. The molecule has 23 heavy (non-hydrogen) atoms. The number of aldehydes is 1. The summed E-state index contributed by atoms with van der Waals surface area (Å²) in [4.78, 5) is 11.3. The Bertz CT molecular complexity index is 823. The third kappa shape index (κ3) is 3.13. The first kappa shape index (κ1) is 15.0. The summed E-state index contributed by atoms with van der Waals surface area (Å²) in [6, 6.07) is 15.7. The number of hydrogen-bond acceptors (Lipinski definition) is 4. The number of methoxy groups -OCH3 is 1. The summed E-state index contributed by atoms with van der Waals surface area (Å²) in [6.45, 7) is 2.02. The summed E-state index contributed by atoms with van der Waals surface area (Å²) in [7, 11) is 1.64. The normalized spacial score (nSPS) is 10.5. The first-order chi connectivity index (χ1) is 11.2. The van der Waals surface area contributed by atoms with E-state index in [2.05, 4.69) is 10.3 Å². The molecule has 5 heteroatoms. The Morgan fingerprint density at radius 3 is 2.61 bits per heavy atom. The molecule has 0 bridgehead atoms. The molecule has 116 valence electrons. The zero-order valence-corrected chi connectivity index (χ0v) is 13.1. The Morgan fingerprint density at radius 2 is 1.96 bits per heavy atom. The van der Waals surface area contributed by atoms with Crippen LogP contribution in [-0.4, -0.2) is 28.4 Å². The van der Waals surface area contributed by atoms with Crippen LogP contribution in [-0.2, 0) is 6.42 Å². The van der Waals surface area contributed by atoms with Gasteiger partial charge in [-0.2, -0.15) is 0 Å². The van der Waals surface area contributed by atoms with Gasteiger partial charge >= 0.3 is 0 Å². The molecule has 0 fully saturated rings. The molecule has 2 aromatic carbocycles. The largest absolute Gasteiger partial charge is 0.497 e. The number of hydrogen-bond donors (Lipinski definition) is 0. The minimum atomic E-state index is 0.363. The molecule has 0 atom stereocenters. The van der Waals surface area contributed by atoms with Crippen LogP contribution in [0, 0.1) is 6.92 Å². The number of carbonyl (C=O) groups is 1. The number of rotatable bonds is 5. The molecule has 0 radical (unpaired) electrons. The number of aryl methyl sites for hydroxylation is 1. The Kier molecular flexibility index (Phi) is 4.19. The second-order valence-electron chi connectivity index (χ2n) is 5.31. The third-order valence-corrected chi connectivity index (χ3v) is 3.68. The highest BCUT2D eigenvalue weighted by Crippen LogP contribution is 2.19. The van der Waals surface area contributed by atoms with Gasteiger partial charge in [-0.15, -0.1) is 5.10 Å². The maximum absolute atomic E-state index is 11.3. The van der Waals surface area contributed by atoms with E-state index in [0.717, 1.165) is 34.5 Å². The molecule has 0 amide bonds. The summed E-state index contributed by atoms with van der Waals surface area (Å²) < 4.78 is 6.89. The summed E-state index contributed by atoms with van der Waals surface area (Å²) in [5.74, 6) is 0.801. The molecule has 0 unspecified atom stereocenters. The molecule has 5 nitrogen and oxygen atoms in total. The van der Waals surface area contributed by atoms with Crippen LogP contribution in [0.4, 0.5) is 0 Å². The van der Waals surface area contributed by atoms with Crippen molar-refractivity contribution in [3.05, 3.63) is 71.0 Å². The summed E-state index contributed by atoms with van der Waals surface area (Å²) >= 11 is 0. The molecular weight excluding hydrogens is 290 g/mol. The van der Waals surface area contributed by atoms with Crippen LogP contribution in [0.1, 0.15) is 27.3 Å². The summed E-state index contributed by atoms with van der Waals surface area (Å²) in [5, 5.41) is 8.13. The highest BCUT2D eigenvalue weighted by Gasteiger charge is 2.14. The molecular formula is C18H17N3O2. The van der Waals surface area contributed by atoms with E-state index in [1.165, 1.54) is 0 Å². The van der Waals surface area contributed by atoms with Crippen LogP contribution in [0.2, 0.25) is 0 Å². The van der Waals surface area contributed by atoms with E-state index in [4.69, 9.17) is 4.74 Å². The second-order valence-corrected chi connectivity index (χ2v) is 5.31. The van der Waals surface area contributed by atoms with Crippen molar-refractivity contribution in [3.63, 3.8) is 0 Å². The van der Waals surface area contributed by atoms with Gasteiger partial charge in [0, 0.05) is 6.42 Å². The van der Waals surface area contributed by atoms with Gasteiger partial charge in [-0.1, -0.05) is 29.5 Å². The van der Waals surface area contributed by atoms with Gasteiger partial charge in [-0.25, -0.2) is 4.68 Å². The first-order valence-corrected chi connectivity index (χ1v) is 7.31.